The molecule has 0 saturated carbocycles. The van der Waals surface area contributed by atoms with Gasteiger partial charge in [-0.3, -0.25) is 14.6 Å². The molecule has 1 aliphatic heterocycles. The van der Waals surface area contributed by atoms with Crippen LogP contribution in [-0.2, 0) is 4.79 Å². The fourth-order valence-corrected chi connectivity index (χ4v) is 3.47. The number of ketones is 1. The Hall–Kier alpha value is -3.41. The monoisotopic (exact) mass is 362 g/mol. The Morgan fingerprint density at radius 1 is 1.26 bits per heavy atom. The molecule has 2 aromatic heterocycles. The van der Waals surface area contributed by atoms with Crippen molar-refractivity contribution in [3.63, 3.8) is 0 Å². The first-order chi connectivity index (χ1) is 13.1. The second-order valence-electron chi connectivity index (χ2n) is 6.43. The molecule has 0 radical (unpaired) electrons. The maximum atomic E-state index is 13.2. The van der Waals surface area contributed by atoms with Crippen molar-refractivity contribution in [2.75, 3.05) is 6.54 Å². The van der Waals surface area contributed by atoms with E-state index in [1.807, 2.05) is 25.1 Å². The first-order valence-corrected chi connectivity index (χ1v) is 8.79. The number of hydrogen-bond donors (Lipinski definition) is 1. The van der Waals surface area contributed by atoms with Gasteiger partial charge < -0.3 is 14.4 Å². The molecule has 1 aliphatic rings. The molecule has 1 N–H and O–H groups in total. The van der Waals surface area contributed by atoms with Gasteiger partial charge in [0.25, 0.3) is 5.91 Å². The Balaban J connectivity index is 1.82. The molecule has 1 unspecified atom stereocenters. The Labute approximate surface area is 155 Å². The molecule has 27 heavy (non-hydrogen) atoms. The van der Waals surface area contributed by atoms with Gasteiger partial charge in [-0.25, -0.2) is 0 Å². The lowest BCUT2D eigenvalue weighted by atomic mass is 9.96. The first-order valence-electron chi connectivity index (χ1n) is 8.79. The molecule has 3 heterocycles. The quantitative estimate of drug-likeness (QED) is 0.698. The van der Waals surface area contributed by atoms with Gasteiger partial charge in [-0.15, -0.1) is 0 Å². The number of para-hydroxylation sites is 1. The van der Waals surface area contributed by atoms with E-state index < -0.39 is 23.5 Å². The molecule has 0 fully saturated rings. The van der Waals surface area contributed by atoms with Crippen molar-refractivity contribution in [1.82, 2.24) is 9.88 Å². The number of nitrogens with zero attached hydrogens (tertiary/aromatic N) is 2. The van der Waals surface area contributed by atoms with Gasteiger partial charge in [0.1, 0.15) is 5.58 Å². The highest BCUT2D eigenvalue weighted by molar-refractivity contribution is 6.15. The standard InChI is InChI=1S/C21H18N2O4/c1-2-10-23-18(14-7-5-9-22-12-14)17(20(25)21(23)26)19(24)16-11-13-6-3-4-8-15(13)27-16/h3-9,11-12,18,25H,2,10H2,1H3. The fraction of sp³-hybridized carbons (Fsp3) is 0.190. The highest BCUT2D eigenvalue weighted by Gasteiger charge is 2.44. The van der Waals surface area contributed by atoms with E-state index >= 15 is 0 Å². The summed E-state index contributed by atoms with van der Waals surface area (Å²) in [4.78, 5) is 31.4. The van der Waals surface area contributed by atoms with Crippen LogP contribution in [0.3, 0.4) is 0 Å². The molecule has 1 atom stereocenters. The van der Waals surface area contributed by atoms with Crippen LogP contribution in [0.2, 0.25) is 0 Å². The molecular formula is C21H18N2O4. The van der Waals surface area contributed by atoms with Crippen LogP contribution in [0.25, 0.3) is 11.0 Å². The van der Waals surface area contributed by atoms with Crippen molar-refractivity contribution in [1.29, 1.82) is 0 Å². The average molecular weight is 362 g/mol. The van der Waals surface area contributed by atoms with Gasteiger partial charge in [0, 0.05) is 24.3 Å². The zero-order chi connectivity index (χ0) is 19.0. The van der Waals surface area contributed by atoms with E-state index in [0.29, 0.717) is 24.1 Å². The molecule has 4 rings (SSSR count). The van der Waals surface area contributed by atoms with Crippen molar-refractivity contribution in [2.24, 2.45) is 0 Å². The maximum absolute atomic E-state index is 13.2. The Bertz CT molecular complexity index is 1020. The zero-order valence-electron chi connectivity index (χ0n) is 14.8. The lowest BCUT2D eigenvalue weighted by Gasteiger charge is -2.25. The third kappa shape index (κ3) is 2.79. The third-order valence-electron chi connectivity index (χ3n) is 4.66. The van der Waals surface area contributed by atoms with Crippen molar-refractivity contribution in [2.45, 2.75) is 19.4 Å². The second kappa shape index (κ2) is 6.72. The van der Waals surface area contributed by atoms with Gasteiger partial charge in [0.15, 0.2) is 11.5 Å². The number of fused-ring (bicyclic) bond motifs is 1. The lowest BCUT2D eigenvalue weighted by Crippen LogP contribution is -2.31. The minimum atomic E-state index is -0.688. The van der Waals surface area contributed by atoms with Crippen LogP contribution >= 0.6 is 0 Å². The Morgan fingerprint density at radius 3 is 2.78 bits per heavy atom. The number of furan rings is 1. The second-order valence-corrected chi connectivity index (χ2v) is 6.43. The minimum Gasteiger partial charge on any atom is -0.503 e. The van der Waals surface area contributed by atoms with Gasteiger partial charge in [-0.05, 0) is 30.2 Å². The van der Waals surface area contributed by atoms with Crippen LogP contribution in [-0.4, -0.2) is 33.2 Å². The maximum Gasteiger partial charge on any atom is 0.290 e. The van der Waals surface area contributed by atoms with Crippen molar-refractivity contribution >= 4 is 22.7 Å². The molecule has 6 nitrogen and oxygen atoms in total. The van der Waals surface area contributed by atoms with Gasteiger partial charge in [0.05, 0.1) is 11.6 Å². The number of aromatic nitrogens is 1. The predicted molar refractivity (Wildman–Crippen MR) is 99.2 cm³/mol. The van der Waals surface area contributed by atoms with Crippen LogP contribution in [0.4, 0.5) is 0 Å². The topological polar surface area (TPSA) is 83.6 Å². The van der Waals surface area contributed by atoms with Crippen LogP contribution in [0.15, 0.2) is 70.6 Å². The summed E-state index contributed by atoms with van der Waals surface area (Å²) in [5.41, 5.74) is 1.27. The molecule has 1 amide bonds. The summed E-state index contributed by atoms with van der Waals surface area (Å²) in [7, 11) is 0. The average Bonchev–Trinajstić information content (AvgIpc) is 3.23. The van der Waals surface area contributed by atoms with E-state index in [0.717, 1.165) is 5.39 Å². The molecule has 0 aliphatic carbocycles. The summed E-state index contributed by atoms with van der Waals surface area (Å²) in [6.45, 7) is 2.35. The Kier molecular flexibility index (Phi) is 4.24. The number of Topliss-reactive ketones (excluding diaryl/α,β-unsaturated/α-hetero) is 1. The van der Waals surface area contributed by atoms with E-state index in [4.69, 9.17) is 4.42 Å². The minimum absolute atomic E-state index is 0.0282. The molecule has 0 saturated heterocycles. The van der Waals surface area contributed by atoms with Gasteiger partial charge in [0.2, 0.25) is 5.78 Å². The van der Waals surface area contributed by atoms with Crippen LogP contribution in [0, 0.1) is 0 Å². The van der Waals surface area contributed by atoms with Gasteiger partial charge >= 0.3 is 0 Å². The van der Waals surface area contributed by atoms with Crippen molar-refractivity contribution in [3.05, 3.63) is 77.5 Å². The molecular weight excluding hydrogens is 344 g/mol. The highest BCUT2D eigenvalue weighted by Crippen LogP contribution is 2.39. The summed E-state index contributed by atoms with van der Waals surface area (Å²) >= 11 is 0. The highest BCUT2D eigenvalue weighted by atomic mass is 16.3. The van der Waals surface area contributed by atoms with Crippen LogP contribution in [0.1, 0.15) is 35.5 Å². The fourth-order valence-electron chi connectivity index (χ4n) is 3.47. The number of aliphatic hydroxyl groups is 1. The number of pyridine rings is 1. The SMILES string of the molecule is CCCN1C(=O)C(O)=C(C(=O)c2cc3ccccc3o2)C1c1cccnc1. The van der Waals surface area contributed by atoms with E-state index in [1.54, 1.807) is 36.7 Å². The number of rotatable bonds is 5. The number of amides is 1. The first kappa shape index (κ1) is 17.0. The smallest absolute Gasteiger partial charge is 0.290 e. The number of aliphatic hydroxyl groups excluding tert-OH is 1. The number of carbonyl (C=O) groups is 2. The van der Waals surface area contributed by atoms with Crippen LogP contribution in [0.5, 0.6) is 0 Å². The molecule has 0 bridgehead atoms. The molecule has 0 spiro atoms. The van der Waals surface area contributed by atoms with E-state index in [-0.39, 0.29) is 11.3 Å². The lowest BCUT2D eigenvalue weighted by molar-refractivity contribution is -0.129. The summed E-state index contributed by atoms with van der Waals surface area (Å²) < 4.78 is 5.66. The number of hydrogen-bond acceptors (Lipinski definition) is 5. The normalized spacial score (nSPS) is 17.1. The zero-order valence-corrected chi connectivity index (χ0v) is 14.8. The van der Waals surface area contributed by atoms with Gasteiger partial charge in [-0.1, -0.05) is 31.2 Å². The third-order valence-corrected chi connectivity index (χ3v) is 4.66. The summed E-state index contributed by atoms with van der Waals surface area (Å²) in [5.74, 6) is -1.48. The van der Waals surface area contributed by atoms with E-state index in [1.165, 1.54) is 4.90 Å². The summed E-state index contributed by atoms with van der Waals surface area (Å²) in [6.07, 6.45) is 3.92. The molecule has 1 aromatic carbocycles. The molecule has 3 aromatic rings. The van der Waals surface area contributed by atoms with Crippen LogP contribution < -0.4 is 0 Å². The molecule has 6 heteroatoms. The van der Waals surface area contributed by atoms with Crippen molar-refractivity contribution in [3.8, 4) is 0 Å². The molecule has 136 valence electrons. The predicted octanol–water partition coefficient (Wildman–Crippen LogP) is 3.82. The van der Waals surface area contributed by atoms with E-state index in [9.17, 15) is 14.7 Å². The summed E-state index contributed by atoms with van der Waals surface area (Å²) in [5, 5.41) is 11.3. The number of carbonyl (C=O) groups excluding carboxylic acids is 2. The Morgan fingerprint density at radius 2 is 2.07 bits per heavy atom. The largest absolute Gasteiger partial charge is 0.503 e. The van der Waals surface area contributed by atoms with Crippen molar-refractivity contribution < 1.29 is 19.1 Å². The summed E-state index contributed by atoms with van der Waals surface area (Å²) in [6, 6.07) is 11.7. The van der Waals surface area contributed by atoms with Gasteiger partial charge in [-0.2, -0.15) is 0 Å². The number of benzene rings is 1. The van der Waals surface area contributed by atoms with E-state index in [2.05, 4.69) is 4.98 Å².